The molecule has 0 aliphatic rings. The van der Waals surface area contributed by atoms with Crippen LogP contribution in [0.2, 0.25) is 0 Å². The van der Waals surface area contributed by atoms with Crippen molar-refractivity contribution in [2.45, 2.75) is 207 Å². The van der Waals surface area contributed by atoms with Crippen molar-refractivity contribution in [2.75, 3.05) is 0 Å². The van der Waals surface area contributed by atoms with Crippen LogP contribution in [0.4, 0.5) is 0 Å². The number of rotatable bonds is 31. The molecular formula is C41H73N2+. The van der Waals surface area contributed by atoms with Crippen LogP contribution in [0.3, 0.4) is 0 Å². The van der Waals surface area contributed by atoms with Gasteiger partial charge >= 0.3 is 0 Å². The normalized spacial score (nSPS) is 11.5. The fourth-order valence-electron chi connectivity index (χ4n) is 6.69. The van der Waals surface area contributed by atoms with E-state index in [1.54, 1.807) is 5.82 Å². The minimum atomic E-state index is 1.00. The first-order chi connectivity index (χ1) is 21.3. The van der Waals surface area contributed by atoms with Gasteiger partial charge in [-0.1, -0.05) is 198 Å². The predicted molar refractivity (Wildman–Crippen MR) is 190 cm³/mol. The molecule has 43 heavy (non-hydrogen) atoms. The van der Waals surface area contributed by atoms with Gasteiger partial charge in [-0.05, 0) is 24.8 Å². The molecule has 0 unspecified atom stereocenters. The third kappa shape index (κ3) is 20.2. The maximum atomic E-state index is 2.59. The van der Waals surface area contributed by atoms with E-state index in [0.717, 1.165) is 6.54 Å². The van der Waals surface area contributed by atoms with Crippen LogP contribution in [0.15, 0.2) is 42.7 Å². The summed E-state index contributed by atoms with van der Waals surface area (Å²) in [7, 11) is 0. The molecule has 0 bridgehead atoms. The molecule has 2 heteroatoms. The first-order valence-electron chi connectivity index (χ1n) is 19.5. The highest BCUT2D eigenvalue weighted by Crippen LogP contribution is 2.16. The van der Waals surface area contributed by atoms with Crippen LogP contribution in [-0.4, -0.2) is 4.57 Å². The molecule has 0 aliphatic heterocycles. The largest absolute Gasteiger partial charge is 0.256 e. The number of nitrogens with zero attached hydrogens (tertiary/aromatic N) is 2. The van der Waals surface area contributed by atoms with Gasteiger partial charge in [0.1, 0.15) is 18.9 Å². The van der Waals surface area contributed by atoms with Crippen LogP contribution in [0.5, 0.6) is 0 Å². The Morgan fingerprint density at radius 2 is 0.860 bits per heavy atom. The Balaban J connectivity index is 1.59. The Kier molecular flexibility index (Phi) is 24.4. The summed E-state index contributed by atoms with van der Waals surface area (Å²) < 4.78 is 5.11. The van der Waals surface area contributed by atoms with E-state index in [-0.39, 0.29) is 0 Å². The highest BCUT2D eigenvalue weighted by atomic mass is 15.1. The van der Waals surface area contributed by atoms with Gasteiger partial charge in [-0.3, -0.25) is 0 Å². The average molecular weight is 594 g/mol. The van der Waals surface area contributed by atoms with Gasteiger partial charge in [0.05, 0.1) is 6.54 Å². The molecule has 2 rings (SSSR count). The molecule has 0 atom stereocenters. The second-order valence-electron chi connectivity index (χ2n) is 13.6. The molecule has 2 nitrogen and oxygen atoms in total. The minimum absolute atomic E-state index is 1.00. The van der Waals surface area contributed by atoms with E-state index in [9.17, 15) is 0 Å². The topological polar surface area (TPSA) is 8.81 Å². The predicted octanol–water partition coefficient (Wildman–Crippen LogP) is 12.9. The number of unbranched alkanes of at least 4 members (excludes halogenated alkanes) is 25. The lowest BCUT2D eigenvalue weighted by atomic mass is 10.0. The molecule has 0 aliphatic carbocycles. The van der Waals surface area contributed by atoms with Crippen molar-refractivity contribution in [3.05, 3.63) is 54.1 Å². The molecule has 0 spiro atoms. The minimum Gasteiger partial charge on any atom is -0.234 e. The summed E-state index contributed by atoms with van der Waals surface area (Å²) in [5, 5.41) is 0. The van der Waals surface area contributed by atoms with Crippen LogP contribution < -0.4 is 4.57 Å². The van der Waals surface area contributed by atoms with Gasteiger partial charge < -0.3 is 0 Å². The van der Waals surface area contributed by atoms with E-state index in [1.807, 2.05) is 0 Å². The van der Waals surface area contributed by atoms with E-state index >= 15 is 0 Å². The molecule has 1 aromatic carbocycles. The van der Waals surface area contributed by atoms with Crippen LogP contribution in [-0.2, 0) is 19.5 Å². The molecule has 246 valence electrons. The zero-order chi connectivity index (χ0) is 30.5. The summed E-state index contributed by atoms with van der Waals surface area (Å²) in [6, 6.07) is 11.0. The smallest absolute Gasteiger partial charge is 0.234 e. The fraction of sp³-hybridized carbons (Fsp3) is 0.780. The Hall–Kier alpha value is -1.57. The van der Waals surface area contributed by atoms with Gasteiger partial charge in [0.2, 0.25) is 0 Å². The van der Waals surface area contributed by atoms with Crippen molar-refractivity contribution in [1.82, 2.24) is 4.57 Å². The van der Waals surface area contributed by atoms with Gasteiger partial charge in [0, 0.05) is 6.42 Å². The van der Waals surface area contributed by atoms with Gasteiger partial charge in [-0.25, -0.2) is 9.13 Å². The van der Waals surface area contributed by atoms with Gasteiger partial charge in [0.15, 0.2) is 0 Å². The molecule has 0 saturated heterocycles. The van der Waals surface area contributed by atoms with E-state index in [0.29, 0.717) is 0 Å². The van der Waals surface area contributed by atoms with Crippen LogP contribution in [0.25, 0.3) is 0 Å². The Labute approximate surface area is 269 Å². The SMILES string of the molecule is CCCCCCCCCCCCCCCCCc1n(CCCCCCCCCCCCCC)cc[n+]1Cc1ccccc1. The standard InChI is InChI=1S/C41H73N2/c1-3-5-7-9-11-13-15-17-18-19-20-22-24-26-31-35-41-42(37-38-43(41)39-40-33-29-28-30-34-40)36-32-27-25-23-21-16-14-12-10-8-6-4-2/h28-30,33-34,37-38H,3-27,31-32,35-36,39H2,1-2H3/q+1. The van der Waals surface area contributed by atoms with E-state index in [1.165, 1.54) is 192 Å². The van der Waals surface area contributed by atoms with Crippen LogP contribution in [0.1, 0.15) is 199 Å². The summed E-state index contributed by atoms with van der Waals surface area (Å²) >= 11 is 0. The summed E-state index contributed by atoms with van der Waals surface area (Å²) in [5.41, 5.74) is 1.41. The van der Waals surface area contributed by atoms with E-state index in [4.69, 9.17) is 0 Å². The summed E-state index contributed by atoms with van der Waals surface area (Å²) in [6.07, 6.45) is 44.4. The van der Waals surface area contributed by atoms with Crippen LogP contribution >= 0.6 is 0 Å². The number of benzene rings is 1. The molecule has 0 fully saturated rings. The lowest BCUT2D eigenvalue weighted by Gasteiger charge is -2.07. The van der Waals surface area contributed by atoms with Crippen molar-refractivity contribution in [1.29, 1.82) is 0 Å². The highest BCUT2D eigenvalue weighted by Gasteiger charge is 2.17. The first kappa shape index (κ1) is 37.6. The van der Waals surface area contributed by atoms with Gasteiger partial charge in [0.25, 0.3) is 5.82 Å². The van der Waals surface area contributed by atoms with Crippen molar-refractivity contribution >= 4 is 0 Å². The molecule has 1 aromatic heterocycles. The number of hydrogen-bond acceptors (Lipinski definition) is 0. The second kappa shape index (κ2) is 27.9. The first-order valence-corrected chi connectivity index (χ1v) is 19.5. The lowest BCUT2D eigenvalue weighted by molar-refractivity contribution is -0.695. The average Bonchev–Trinajstić information content (AvgIpc) is 3.40. The zero-order valence-electron chi connectivity index (χ0n) is 29.1. The monoisotopic (exact) mass is 594 g/mol. The molecule has 0 N–H and O–H groups in total. The number of aryl methyl sites for hydroxylation is 1. The Bertz CT molecular complexity index is 839. The molecule has 2 aromatic rings. The summed E-state index contributed by atoms with van der Waals surface area (Å²) in [6.45, 7) is 6.80. The molecule has 0 saturated carbocycles. The lowest BCUT2D eigenvalue weighted by Crippen LogP contribution is -2.37. The second-order valence-corrected chi connectivity index (χ2v) is 13.6. The quantitative estimate of drug-likeness (QED) is 0.0607. The molecule has 0 amide bonds. The van der Waals surface area contributed by atoms with Crippen molar-refractivity contribution in [3.8, 4) is 0 Å². The van der Waals surface area contributed by atoms with Crippen LogP contribution in [0, 0.1) is 0 Å². The number of imidazole rings is 1. The molecular weight excluding hydrogens is 520 g/mol. The van der Waals surface area contributed by atoms with Gasteiger partial charge in [-0.2, -0.15) is 0 Å². The van der Waals surface area contributed by atoms with E-state index < -0.39 is 0 Å². The Morgan fingerprint density at radius 1 is 0.465 bits per heavy atom. The maximum Gasteiger partial charge on any atom is 0.256 e. The number of aromatic nitrogens is 2. The van der Waals surface area contributed by atoms with Gasteiger partial charge in [-0.15, -0.1) is 0 Å². The third-order valence-electron chi connectivity index (χ3n) is 9.54. The number of hydrogen-bond donors (Lipinski definition) is 0. The van der Waals surface area contributed by atoms with Crippen molar-refractivity contribution < 1.29 is 4.57 Å². The van der Waals surface area contributed by atoms with Crippen molar-refractivity contribution in [3.63, 3.8) is 0 Å². The Morgan fingerprint density at radius 3 is 1.30 bits per heavy atom. The molecule has 0 radical (unpaired) electrons. The summed E-state index contributed by atoms with van der Waals surface area (Å²) in [4.78, 5) is 0. The third-order valence-corrected chi connectivity index (χ3v) is 9.54. The van der Waals surface area contributed by atoms with E-state index in [2.05, 4.69) is 65.7 Å². The highest BCUT2D eigenvalue weighted by molar-refractivity contribution is 5.13. The maximum absolute atomic E-state index is 2.59. The van der Waals surface area contributed by atoms with Crippen molar-refractivity contribution in [2.24, 2.45) is 0 Å². The fourth-order valence-corrected chi connectivity index (χ4v) is 6.69. The molecule has 1 heterocycles. The summed E-state index contributed by atoms with van der Waals surface area (Å²) in [5.74, 6) is 1.54. The zero-order valence-corrected chi connectivity index (χ0v) is 29.1.